The molecule has 1 rings (SSSR count). The third-order valence-corrected chi connectivity index (χ3v) is 3.19. The minimum atomic E-state index is 0.0159. The first kappa shape index (κ1) is 11.7. The smallest absolute Gasteiger partial charge is 0.146 e. The van der Waals surface area contributed by atoms with Gasteiger partial charge in [-0.1, -0.05) is 6.42 Å². The summed E-state index contributed by atoms with van der Waals surface area (Å²) < 4.78 is 0. The van der Waals surface area contributed by atoms with Crippen LogP contribution < -0.4 is 0 Å². The summed E-state index contributed by atoms with van der Waals surface area (Å²) in [5.41, 5.74) is 0. The van der Waals surface area contributed by atoms with Gasteiger partial charge in [0.1, 0.15) is 5.78 Å². The molecule has 1 saturated heterocycles. The number of aliphatic hydroxyl groups excluding tert-OH is 1. The average molecular weight is 199 g/mol. The highest BCUT2D eigenvalue weighted by Gasteiger charge is 2.23. The molecule has 1 aliphatic rings. The number of aliphatic hydroxyl groups is 1. The van der Waals surface area contributed by atoms with Crippen molar-refractivity contribution in [2.45, 2.75) is 39.2 Å². The summed E-state index contributed by atoms with van der Waals surface area (Å²) >= 11 is 0. The van der Waals surface area contributed by atoms with Crippen LogP contribution in [0.4, 0.5) is 0 Å². The normalized spacial score (nSPS) is 26.9. The highest BCUT2D eigenvalue weighted by Crippen LogP contribution is 2.17. The predicted octanol–water partition coefficient (Wildman–Crippen LogP) is 1.06. The molecule has 1 N–H and O–H groups in total. The molecule has 0 bridgehead atoms. The third-order valence-electron chi connectivity index (χ3n) is 3.19. The molecule has 0 aromatic heterocycles. The minimum Gasteiger partial charge on any atom is -0.396 e. The van der Waals surface area contributed by atoms with Crippen molar-refractivity contribution < 1.29 is 9.90 Å². The monoisotopic (exact) mass is 199 g/mol. The predicted molar refractivity (Wildman–Crippen MR) is 56.1 cm³/mol. The van der Waals surface area contributed by atoms with Gasteiger partial charge in [-0.25, -0.2) is 0 Å². The fourth-order valence-corrected chi connectivity index (χ4v) is 2.02. The van der Waals surface area contributed by atoms with Crippen molar-refractivity contribution in [3.63, 3.8) is 0 Å². The number of carbonyl (C=O) groups is 1. The largest absolute Gasteiger partial charge is 0.396 e. The van der Waals surface area contributed by atoms with E-state index in [-0.39, 0.29) is 18.4 Å². The summed E-state index contributed by atoms with van der Waals surface area (Å²) in [5, 5.41) is 9.14. The van der Waals surface area contributed by atoms with Gasteiger partial charge >= 0.3 is 0 Å². The van der Waals surface area contributed by atoms with Crippen LogP contribution in [0.5, 0.6) is 0 Å². The fourth-order valence-electron chi connectivity index (χ4n) is 2.02. The number of carbonyl (C=O) groups excluding carboxylic acids is 1. The van der Waals surface area contributed by atoms with E-state index in [1.54, 1.807) is 6.92 Å². The lowest BCUT2D eigenvalue weighted by atomic mass is 10.0. The second-order valence-electron chi connectivity index (χ2n) is 4.33. The molecule has 0 spiro atoms. The lowest BCUT2D eigenvalue weighted by molar-refractivity contribution is -0.121. The Hall–Kier alpha value is -0.410. The van der Waals surface area contributed by atoms with Crippen molar-refractivity contribution in [1.29, 1.82) is 0 Å². The SMILES string of the molecule is CC(=O)C(C)N1CCCCC(CO)C1. The van der Waals surface area contributed by atoms with E-state index in [2.05, 4.69) is 4.90 Å². The lowest BCUT2D eigenvalue weighted by Crippen LogP contribution is -2.41. The van der Waals surface area contributed by atoms with Gasteiger partial charge in [-0.2, -0.15) is 0 Å². The van der Waals surface area contributed by atoms with E-state index in [0.717, 1.165) is 25.9 Å². The molecule has 82 valence electrons. The van der Waals surface area contributed by atoms with Crippen LogP contribution in [-0.2, 0) is 4.79 Å². The van der Waals surface area contributed by atoms with E-state index in [4.69, 9.17) is 5.11 Å². The number of likely N-dealkylation sites (tertiary alicyclic amines) is 1. The van der Waals surface area contributed by atoms with Crippen LogP contribution in [0.3, 0.4) is 0 Å². The van der Waals surface area contributed by atoms with E-state index in [1.165, 1.54) is 6.42 Å². The van der Waals surface area contributed by atoms with Gasteiger partial charge in [-0.05, 0) is 39.2 Å². The number of nitrogens with zero attached hydrogens (tertiary/aromatic N) is 1. The molecule has 2 unspecified atom stereocenters. The summed E-state index contributed by atoms with van der Waals surface area (Å²) in [7, 11) is 0. The third kappa shape index (κ3) is 3.07. The maximum atomic E-state index is 11.2. The summed E-state index contributed by atoms with van der Waals surface area (Å²) in [6.07, 6.45) is 3.41. The van der Waals surface area contributed by atoms with Crippen LogP contribution >= 0.6 is 0 Å². The van der Waals surface area contributed by atoms with Crippen LogP contribution in [0.1, 0.15) is 33.1 Å². The van der Waals surface area contributed by atoms with Crippen molar-refractivity contribution in [3.8, 4) is 0 Å². The Bertz CT molecular complexity index is 194. The van der Waals surface area contributed by atoms with Gasteiger partial charge in [0.2, 0.25) is 0 Å². The maximum Gasteiger partial charge on any atom is 0.146 e. The number of hydrogen-bond acceptors (Lipinski definition) is 3. The second kappa shape index (κ2) is 5.47. The van der Waals surface area contributed by atoms with E-state index in [1.807, 2.05) is 6.92 Å². The number of Topliss-reactive ketones (excluding diaryl/α,β-unsaturated/α-hetero) is 1. The van der Waals surface area contributed by atoms with Gasteiger partial charge in [-0.3, -0.25) is 9.69 Å². The second-order valence-corrected chi connectivity index (χ2v) is 4.33. The Morgan fingerprint density at radius 3 is 2.86 bits per heavy atom. The van der Waals surface area contributed by atoms with E-state index in [9.17, 15) is 4.79 Å². The quantitative estimate of drug-likeness (QED) is 0.739. The molecule has 2 atom stereocenters. The summed E-state index contributed by atoms with van der Waals surface area (Å²) in [5.74, 6) is 0.586. The molecule has 3 nitrogen and oxygen atoms in total. The van der Waals surface area contributed by atoms with Gasteiger partial charge in [0.15, 0.2) is 0 Å². The van der Waals surface area contributed by atoms with Gasteiger partial charge in [0.25, 0.3) is 0 Å². The zero-order valence-corrected chi connectivity index (χ0v) is 9.20. The van der Waals surface area contributed by atoms with Crippen LogP contribution in [0.25, 0.3) is 0 Å². The van der Waals surface area contributed by atoms with Gasteiger partial charge in [0.05, 0.1) is 6.04 Å². The maximum absolute atomic E-state index is 11.2. The average Bonchev–Trinajstić information content (AvgIpc) is 2.41. The first-order valence-corrected chi connectivity index (χ1v) is 5.50. The van der Waals surface area contributed by atoms with Crippen LogP contribution in [-0.4, -0.2) is 41.5 Å². The van der Waals surface area contributed by atoms with Crippen molar-refractivity contribution in [2.24, 2.45) is 5.92 Å². The summed E-state index contributed by atoms with van der Waals surface area (Å²) in [6.45, 7) is 5.72. The Morgan fingerprint density at radius 2 is 2.29 bits per heavy atom. The first-order valence-electron chi connectivity index (χ1n) is 5.50. The molecule has 0 aromatic rings. The number of hydrogen-bond donors (Lipinski definition) is 1. The number of ketones is 1. The molecule has 0 amide bonds. The van der Waals surface area contributed by atoms with E-state index >= 15 is 0 Å². The Labute approximate surface area is 86.1 Å². The van der Waals surface area contributed by atoms with Crippen LogP contribution in [0, 0.1) is 5.92 Å². The molecule has 14 heavy (non-hydrogen) atoms. The molecule has 3 heteroatoms. The van der Waals surface area contributed by atoms with Crippen LogP contribution in [0.2, 0.25) is 0 Å². The zero-order valence-electron chi connectivity index (χ0n) is 9.20. The Balaban J connectivity index is 2.54. The van der Waals surface area contributed by atoms with Crippen molar-refractivity contribution >= 4 is 5.78 Å². The van der Waals surface area contributed by atoms with E-state index in [0.29, 0.717) is 5.92 Å². The fraction of sp³-hybridized carbons (Fsp3) is 0.909. The van der Waals surface area contributed by atoms with Crippen molar-refractivity contribution in [1.82, 2.24) is 4.90 Å². The van der Waals surface area contributed by atoms with Gasteiger partial charge in [0, 0.05) is 13.2 Å². The lowest BCUT2D eigenvalue weighted by Gasteiger charge is -2.27. The Morgan fingerprint density at radius 1 is 1.57 bits per heavy atom. The summed E-state index contributed by atoms with van der Waals surface area (Å²) in [6, 6.07) is 0.0159. The molecule has 0 aromatic carbocycles. The van der Waals surface area contributed by atoms with Gasteiger partial charge < -0.3 is 5.11 Å². The van der Waals surface area contributed by atoms with Crippen molar-refractivity contribution in [2.75, 3.05) is 19.7 Å². The minimum absolute atomic E-state index is 0.0159. The highest BCUT2D eigenvalue weighted by molar-refractivity contribution is 5.80. The Kier molecular flexibility index (Phi) is 4.55. The molecule has 1 heterocycles. The van der Waals surface area contributed by atoms with Crippen LogP contribution in [0.15, 0.2) is 0 Å². The van der Waals surface area contributed by atoms with Crippen molar-refractivity contribution in [3.05, 3.63) is 0 Å². The molecular formula is C11H21NO2. The van der Waals surface area contributed by atoms with E-state index < -0.39 is 0 Å². The standard InChI is InChI=1S/C11H21NO2/c1-9(10(2)14)12-6-4-3-5-11(7-12)8-13/h9,11,13H,3-8H2,1-2H3. The van der Waals surface area contributed by atoms with Gasteiger partial charge in [-0.15, -0.1) is 0 Å². The first-order chi connectivity index (χ1) is 6.65. The highest BCUT2D eigenvalue weighted by atomic mass is 16.3. The molecular weight excluding hydrogens is 178 g/mol. The molecule has 1 fully saturated rings. The molecule has 0 saturated carbocycles. The molecule has 1 aliphatic heterocycles. The molecule has 0 aliphatic carbocycles. The number of rotatable bonds is 3. The zero-order chi connectivity index (χ0) is 10.6. The summed E-state index contributed by atoms with van der Waals surface area (Å²) in [4.78, 5) is 13.5. The molecule has 0 radical (unpaired) electrons. The topological polar surface area (TPSA) is 40.5 Å².